The highest BCUT2D eigenvalue weighted by Crippen LogP contribution is 2.27. The summed E-state index contributed by atoms with van der Waals surface area (Å²) in [5.41, 5.74) is 1.70. The van der Waals surface area contributed by atoms with Crippen LogP contribution < -0.4 is 0 Å². The van der Waals surface area contributed by atoms with E-state index in [1.54, 1.807) is 23.5 Å². The van der Waals surface area contributed by atoms with Gasteiger partial charge in [0.05, 0.1) is 11.4 Å². The van der Waals surface area contributed by atoms with Gasteiger partial charge in [-0.05, 0) is 37.2 Å². The second-order valence-electron chi connectivity index (χ2n) is 3.56. The van der Waals surface area contributed by atoms with Crippen molar-refractivity contribution in [3.63, 3.8) is 0 Å². The Hall–Kier alpha value is -0.440. The minimum atomic E-state index is 0.766. The van der Waals surface area contributed by atoms with Crippen molar-refractivity contribution in [2.24, 2.45) is 0 Å². The lowest BCUT2D eigenvalue weighted by molar-refractivity contribution is 0.869. The maximum absolute atomic E-state index is 4.55. The Morgan fingerprint density at radius 3 is 1.30 bits per heavy atom. The monoisotopic (exact) mass is 342 g/mol. The molecule has 0 amide bonds. The summed E-state index contributed by atoms with van der Waals surface area (Å²) >= 11 is 6.29. The summed E-state index contributed by atoms with van der Waals surface area (Å²) in [4.78, 5) is 18.0. The van der Waals surface area contributed by atoms with Crippen LogP contribution in [0.1, 0.15) is 0 Å². The lowest BCUT2D eigenvalue weighted by Crippen LogP contribution is -1.97. The first-order chi connectivity index (χ1) is 9.69. The molecule has 106 valence electrons. The zero-order chi connectivity index (χ0) is 14.5. The molecule has 2 heterocycles. The normalized spacial score (nSPS) is 10.8. The topological polar surface area (TPSA) is 51.6 Å². The molecule has 0 saturated heterocycles. The predicted molar refractivity (Wildman–Crippen MR) is 90.2 cm³/mol. The van der Waals surface area contributed by atoms with Crippen LogP contribution in [0.2, 0.25) is 0 Å². The Bertz CT molecular complexity index is 508. The highest BCUT2D eigenvalue weighted by atomic mass is 32.2. The van der Waals surface area contributed by atoms with Gasteiger partial charge in [0.25, 0.3) is 0 Å². The van der Waals surface area contributed by atoms with E-state index < -0.39 is 0 Å². The van der Waals surface area contributed by atoms with E-state index in [4.69, 9.17) is 0 Å². The van der Waals surface area contributed by atoms with Gasteiger partial charge in [-0.3, -0.25) is 0 Å². The third kappa shape index (κ3) is 3.81. The van der Waals surface area contributed by atoms with Crippen LogP contribution in [0, 0.1) is 0 Å². The Labute approximate surface area is 135 Å². The van der Waals surface area contributed by atoms with Crippen LogP contribution in [0.15, 0.2) is 32.5 Å². The van der Waals surface area contributed by atoms with E-state index >= 15 is 0 Å². The van der Waals surface area contributed by atoms with E-state index in [0.717, 1.165) is 31.8 Å². The molecule has 0 N–H and O–H groups in total. The Morgan fingerprint density at radius 1 is 0.600 bits per heavy atom. The molecule has 0 aliphatic rings. The van der Waals surface area contributed by atoms with Crippen molar-refractivity contribution in [3.05, 3.63) is 12.1 Å². The number of thioether (sulfide) groups is 4. The fourth-order valence-corrected chi connectivity index (χ4v) is 3.15. The zero-order valence-electron chi connectivity index (χ0n) is 11.6. The Kier molecular flexibility index (Phi) is 6.01. The minimum absolute atomic E-state index is 0.766. The van der Waals surface area contributed by atoms with Gasteiger partial charge in [0.1, 0.15) is 10.1 Å². The molecule has 4 nitrogen and oxygen atoms in total. The maximum atomic E-state index is 4.55. The highest BCUT2D eigenvalue weighted by Gasteiger charge is 2.10. The van der Waals surface area contributed by atoms with Crippen molar-refractivity contribution in [1.29, 1.82) is 0 Å². The first-order valence-corrected chi connectivity index (χ1v) is 10.5. The van der Waals surface area contributed by atoms with Gasteiger partial charge in [-0.2, -0.15) is 0 Å². The molecule has 0 saturated carbocycles. The molecule has 0 fully saturated rings. The van der Waals surface area contributed by atoms with Crippen molar-refractivity contribution in [3.8, 4) is 11.4 Å². The number of hydrogen-bond acceptors (Lipinski definition) is 8. The van der Waals surface area contributed by atoms with Crippen LogP contribution in [-0.4, -0.2) is 45.0 Å². The van der Waals surface area contributed by atoms with Crippen LogP contribution in [-0.2, 0) is 0 Å². The number of nitrogens with zero attached hydrogens (tertiary/aromatic N) is 4. The van der Waals surface area contributed by atoms with Gasteiger partial charge >= 0.3 is 0 Å². The molecule has 0 atom stereocenters. The van der Waals surface area contributed by atoms with Crippen LogP contribution in [0.25, 0.3) is 11.4 Å². The predicted octanol–water partition coefficient (Wildman–Crippen LogP) is 3.82. The van der Waals surface area contributed by atoms with Crippen LogP contribution in [0.3, 0.4) is 0 Å². The minimum Gasteiger partial charge on any atom is -0.221 e. The molecule has 20 heavy (non-hydrogen) atoms. The standard InChI is InChI=1S/C12H14N4S4/c1-17-9-5-7(13-11(15-9)19-3)8-6-10(18-2)16-12(14-8)20-4/h5-6H,1-4H3. The van der Waals surface area contributed by atoms with Crippen LogP contribution in [0.5, 0.6) is 0 Å². The second kappa shape index (κ2) is 7.53. The SMILES string of the molecule is CSc1cc(-c2cc(SC)nc(SC)n2)nc(SC)n1. The molecule has 0 aliphatic carbocycles. The highest BCUT2D eigenvalue weighted by molar-refractivity contribution is 7.99. The molecule has 0 aliphatic heterocycles. The third-order valence-corrected chi connectivity index (χ3v) is 4.76. The van der Waals surface area contributed by atoms with E-state index in [9.17, 15) is 0 Å². The van der Waals surface area contributed by atoms with Crippen LogP contribution >= 0.6 is 47.0 Å². The van der Waals surface area contributed by atoms with Gasteiger partial charge in [-0.25, -0.2) is 19.9 Å². The maximum Gasteiger partial charge on any atom is 0.188 e. The number of aromatic nitrogens is 4. The Balaban J connectivity index is 2.54. The average Bonchev–Trinajstić information content (AvgIpc) is 2.53. The fraction of sp³-hybridized carbons (Fsp3) is 0.333. The molecule has 0 radical (unpaired) electrons. The number of hydrogen-bond donors (Lipinski definition) is 0. The Morgan fingerprint density at radius 2 is 1.00 bits per heavy atom. The summed E-state index contributed by atoms with van der Waals surface area (Å²) < 4.78 is 0. The molecule has 0 unspecified atom stereocenters. The molecular formula is C12H14N4S4. The summed E-state index contributed by atoms with van der Waals surface area (Å²) in [6.07, 6.45) is 7.97. The first-order valence-electron chi connectivity index (χ1n) is 5.64. The molecule has 0 bridgehead atoms. The van der Waals surface area contributed by atoms with Crippen molar-refractivity contribution in [2.75, 3.05) is 25.0 Å². The van der Waals surface area contributed by atoms with Crippen LogP contribution in [0.4, 0.5) is 0 Å². The van der Waals surface area contributed by atoms with Gasteiger partial charge in [-0.15, -0.1) is 23.5 Å². The van der Waals surface area contributed by atoms with E-state index in [1.807, 2.05) is 37.2 Å². The first kappa shape index (κ1) is 15.9. The van der Waals surface area contributed by atoms with Gasteiger partial charge in [-0.1, -0.05) is 23.5 Å². The molecular weight excluding hydrogens is 328 g/mol. The summed E-state index contributed by atoms with van der Waals surface area (Å²) in [6, 6.07) is 3.95. The molecule has 2 aromatic heterocycles. The van der Waals surface area contributed by atoms with E-state index in [1.165, 1.54) is 23.5 Å². The van der Waals surface area contributed by atoms with Gasteiger partial charge in [0, 0.05) is 0 Å². The number of rotatable bonds is 5. The lowest BCUT2D eigenvalue weighted by Gasteiger charge is -2.07. The molecule has 0 aromatic carbocycles. The van der Waals surface area contributed by atoms with E-state index in [-0.39, 0.29) is 0 Å². The third-order valence-electron chi connectivity index (χ3n) is 2.41. The van der Waals surface area contributed by atoms with Crippen molar-refractivity contribution < 1.29 is 0 Å². The van der Waals surface area contributed by atoms with E-state index in [2.05, 4.69) is 19.9 Å². The molecule has 0 spiro atoms. The van der Waals surface area contributed by atoms with Gasteiger partial charge < -0.3 is 0 Å². The van der Waals surface area contributed by atoms with Crippen molar-refractivity contribution in [1.82, 2.24) is 19.9 Å². The summed E-state index contributed by atoms with van der Waals surface area (Å²) in [5, 5.41) is 3.44. The van der Waals surface area contributed by atoms with Crippen molar-refractivity contribution in [2.45, 2.75) is 20.4 Å². The quantitative estimate of drug-likeness (QED) is 0.462. The fourth-order valence-electron chi connectivity index (χ4n) is 1.46. The molecule has 2 aromatic rings. The van der Waals surface area contributed by atoms with Gasteiger partial charge in [0.15, 0.2) is 10.3 Å². The van der Waals surface area contributed by atoms with Crippen molar-refractivity contribution >= 4 is 47.0 Å². The second-order valence-corrected chi connectivity index (χ2v) is 6.76. The zero-order valence-corrected chi connectivity index (χ0v) is 14.8. The molecule has 2 rings (SSSR count). The average molecular weight is 343 g/mol. The molecule has 8 heteroatoms. The summed E-state index contributed by atoms with van der Waals surface area (Å²) in [6.45, 7) is 0. The summed E-state index contributed by atoms with van der Waals surface area (Å²) in [5.74, 6) is 0. The lowest BCUT2D eigenvalue weighted by atomic mass is 10.3. The van der Waals surface area contributed by atoms with E-state index in [0.29, 0.717) is 0 Å². The smallest absolute Gasteiger partial charge is 0.188 e. The largest absolute Gasteiger partial charge is 0.221 e. The summed E-state index contributed by atoms with van der Waals surface area (Å²) in [7, 11) is 0. The van der Waals surface area contributed by atoms with Gasteiger partial charge in [0.2, 0.25) is 0 Å².